The van der Waals surface area contributed by atoms with E-state index in [0.717, 1.165) is 9.87 Å². The Kier molecular flexibility index (Phi) is 4.53. The molecule has 0 aromatic heterocycles. The van der Waals surface area contributed by atoms with Crippen molar-refractivity contribution in [3.8, 4) is 17.2 Å². The van der Waals surface area contributed by atoms with E-state index in [4.69, 9.17) is 14.2 Å². The van der Waals surface area contributed by atoms with Crippen molar-refractivity contribution in [2.24, 2.45) is 0 Å². The summed E-state index contributed by atoms with van der Waals surface area (Å²) in [7, 11) is 0.323. The quantitative estimate of drug-likeness (QED) is 0.796. The van der Waals surface area contributed by atoms with Gasteiger partial charge in [0.1, 0.15) is 0 Å². The molecule has 0 atom stereocenters. The molecule has 2 aromatic carbocycles. The predicted molar refractivity (Wildman–Crippen MR) is 94.3 cm³/mol. The van der Waals surface area contributed by atoms with Crippen LogP contribution in [0, 0.1) is 6.92 Å². The Balaban J connectivity index is 2.11. The number of hydrogen-bond donors (Lipinski definition) is 0. The lowest BCUT2D eigenvalue weighted by Crippen LogP contribution is -2.31. The van der Waals surface area contributed by atoms with E-state index in [-0.39, 0.29) is 22.8 Å². The van der Waals surface area contributed by atoms with E-state index in [0.29, 0.717) is 17.1 Å². The second-order valence-electron chi connectivity index (χ2n) is 5.80. The molecule has 0 unspecified atom stereocenters. The second-order valence-corrected chi connectivity index (χ2v) is 7.66. The second kappa shape index (κ2) is 6.53. The fourth-order valence-electron chi connectivity index (χ4n) is 2.94. The number of methoxy groups -OCH3 is 3. The van der Waals surface area contributed by atoms with Gasteiger partial charge in [0.25, 0.3) is 15.9 Å². The van der Waals surface area contributed by atoms with Gasteiger partial charge < -0.3 is 14.2 Å². The highest BCUT2D eigenvalue weighted by molar-refractivity contribution is 7.89. The molecule has 2 aromatic rings. The summed E-state index contributed by atoms with van der Waals surface area (Å²) in [6.07, 6.45) is 0. The van der Waals surface area contributed by atoms with Crippen LogP contribution >= 0.6 is 0 Å². The third-order valence-corrected chi connectivity index (χ3v) is 6.04. The number of rotatable bonds is 5. The molecule has 0 bridgehead atoms. The van der Waals surface area contributed by atoms with E-state index in [1.165, 1.54) is 39.5 Å². The number of ether oxygens (including phenoxy) is 3. The van der Waals surface area contributed by atoms with E-state index in [9.17, 15) is 13.2 Å². The van der Waals surface area contributed by atoms with E-state index in [1.807, 2.05) is 6.92 Å². The summed E-state index contributed by atoms with van der Waals surface area (Å²) < 4.78 is 42.6. The van der Waals surface area contributed by atoms with Crippen LogP contribution in [-0.2, 0) is 16.6 Å². The van der Waals surface area contributed by atoms with Gasteiger partial charge in [-0.25, -0.2) is 12.7 Å². The fraction of sp³-hybridized carbons (Fsp3) is 0.278. The third-order valence-electron chi connectivity index (χ3n) is 4.30. The zero-order chi connectivity index (χ0) is 19.1. The zero-order valence-electron chi connectivity index (χ0n) is 14.9. The molecule has 0 saturated carbocycles. The number of nitrogens with zero attached hydrogens (tertiary/aromatic N) is 1. The van der Waals surface area contributed by atoms with Crippen LogP contribution in [0.25, 0.3) is 0 Å². The largest absolute Gasteiger partial charge is 0.493 e. The predicted octanol–water partition coefficient (Wildman–Crippen LogP) is 2.37. The highest BCUT2D eigenvalue weighted by Gasteiger charge is 2.40. The highest BCUT2D eigenvalue weighted by Crippen LogP contribution is 2.45. The van der Waals surface area contributed by atoms with Gasteiger partial charge in [-0.15, -0.1) is 0 Å². The number of amides is 1. The zero-order valence-corrected chi connectivity index (χ0v) is 15.7. The molecule has 1 heterocycles. The van der Waals surface area contributed by atoms with Crippen LogP contribution in [-0.4, -0.2) is 40.0 Å². The summed E-state index contributed by atoms with van der Waals surface area (Å²) in [6, 6.07) is 7.82. The highest BCUT2D eigenvalue weighted by atomic mass is 32.2. The number of hydrogen-bond acceptors (Lipinski definition) is 6. The molecule has 0 fully saturated rings. The Morgan fingerprint density at radius 2 is 1.58 bits per heavy atom. The van der Waals surface area contributed by atoms with Crippen molar-refractivity contribution in [3.63, 3.8) is 0 Å². The lowest BCUT2D eigenvalue weighted by atomic mass is 10.1. The normalized spacial score (nSPS) is 13.5. The van der Waals surface area contributed by atoms with Crippen molar-refractivity contribution < 1.29 is 27.4 Å². The first-order valence-corrected chi connectivity index (χ1v) is 9.24. The topological polar surface area (TPSA) is 82.1 Å². The van der Waals surface area contributed by atoms with Crippen molar-refractivity contribution in [2.75, 3.05) is 21.3 Å². The van der Waals surface area contributed by atoms with Crippen molar-refractivity contribution >= 4 is 15.9 Å². The molecule has 3 rings (SSSR count). The Hall–Kier alpha value is -2.74. The molecule has 1 amide bonds. The lowest BCUT2D eigenvalue weighted by Gasteiger charge is -2.16. The molecule has 0 radical (unpaired) electrons. The number of aryl methyl sites for hydroxylation is 1. The average Bonchev–Trinajstić information content (AvgIpc) is 2.97. The monoisotopic (exact) mass is 377 g/mol. The summed E-state index contributed by atoms with van der Waals surface area (Å²) >= 11 is 0. The summed E-state index contributed by atoms with van der Waals surface area (Å²) in [6.45, 7) is 1.73. The van der Waals surface area contributed by atoms with Crippen molar-refractivity contribution in [1.29, 1.82) is 0 Å². The van der Waals surface area contributed by atoms with Crippen LogP contribution < -0.4 is 14.2 Å². The lowest BCUT2D eigenvalue weighted by molar-refractivity contribution is 0.0879. The smallest absolute Gasteiger partial charge is 0.268 e. The number of fused-ring (bicyclic) bond motifs is 1. The number of benzene rings is 2. The van der Waals surface area contributed by atoms with Gasteiger partial charge in [-0.05, 0) is 25.1 Å². The first-order chi connectivity index (χ1) is 12.3. The minimum Gasteiger partial charge on any atom is -0.493 e. The number of sulfonamides is 1. The van der Waals surface area contributed by atoms with E-state index in [2.05, 4.69) is 0 Å². The molecule has 138 valence electrons. The molecule has 0 spiro atoms. The first-order valence-electron chi connectivity index (χ1n) is 7.80. The van der Waals surface area contributed by atoms with Gasteiger partial charge in [-0.2, -0.15) is 0 Å². The number of carbonyl (C=O) groups is 1. The Bertz CT molecular complexity index is 966. The standard InChI is InChI=1S/C18H19NO6S/c1-11-5-7-12(8-6-11)26(21,22)19-10-14-13(18(19)20)9-15(23-2)17(25-4)16(14)24-3/h5-9H,10H2,1-4H3. The van der Waals surface area contributed by atoms with Crippen LogP contribution in [0.5, 0.6) is 17.2 Å². The van der Waals surface area contributed by atoms with Crippen LogP contribution in [0.3, 0.4) is 0 Å². The van der Waals surface area contributed by atoms with Gasteiger partial charge in [0.2, 0.25) is 5.75 Å². The fourth-order valence-corrected chi connectivity index (χ4v) is 4.30. The maximum Gasteiger partial charge on any atom is 0.268 e. The SMILES string of the molecule is COc1cc2c(c(OC)c1OC)CN(S(=O)(=O)c1ccc(C)cc1)C2=O. The van der Waals surface area contributed by atoms with Gasteiger partial charge in [-0.3, -0.25) is 4.79 Å². The molecule has 26 heavy (non-hydrogen) atoms. The van der Waals surface area contributed by atoms with E-state index >= 15 is 0 Å². The van der Waals surface area contributed by atoms with Crippen molar-refractivity contribution in [2.45, 2.75) is 18.4 Å². The maximum atomic E-state index is 12.9. The summed E-state index contributed by atoms with van der Waals surface area (Å²) in [5, 5.41) is 0. The van der Waals surface area contributed by atoms with Crippen LogP contribution in [0.15, 0.2) is 35.2 Å². The Morgan fingerprint density at radius 1 is 0.962 bits per heavy atom. The molecule has 8 heteroatoms. The Morgan fingerprint density at radius 3 is 2.12 bits per heavy atom. The van der Waals surface area contributed by atoms with Crippen LogP contribution in [0.1, 0.15) is 21.5 Å². The van der Waals surface area contributed by atoms with Crippen LogP contribution in [0.4, 0.5) is 0 Å². The molecular formula is C18H19NO6S. The van der Waals surface area contributed by atoms with Gasteiger partial charge in [0.15, 0.2) is 11.5 Å². The minimum atomic E-state index is -3.99. The molecule has 7 nitrogen and oxygen atoms in total. The van der Waals surface area contributed by atoms with Crippen molar-refractivity contribution in [1.82, 2.24) is 4.31 Å². The molecule has 0 N–H and O–H groups in total. The van der Waals surface area contributed by atoms with E-state index < -0.39 is 15.9 Å². The van der Waals surface area contributed by atoms with Gasteiger partial charge in [0.05, 0.1) is 38.3 Å². The summed E-state index contributed by atoms with van der Waals surface area (Å²) in [5.74, 6) is 0.277. The molecule has 1 aliphatic rings. The summed E-state index contributed by atoms with van der Waals surface area (Å²) in [5.41, 5.74) is 1.59. The van der Waals surface area contributed by atoms with Gasteiger partial charge in [0, 0.05) is 5.56 Å². The Labute approximate surface area is 152 Å². The maximum absolute atomic E-state index is 12.9. The van der Waals surface area contributed by atoms with Crippen molar-refractivity contribution in [3.05, 3.63) is 47.0 Å². The molecule has 0 saturated heterocycles. The minimum absolute atomic E-state index is 0.0575. The van der Waals surface area contributed by atoms with Gasteiger partial charge >= 0.3 is 0 Å². The molecule has 0 aliphatic carbocycles. The summed E-state index contributed by atoms with van der Waals surface area (Å²) in [4.78, 5) is 12.9. The molecule has 1 aliphatic heterocycles. The van der Waals surface area contributed by atoms with E-state index in [1.54, 1.807) is 12.1 Å². The number of carbonyl (C=O) groups excluding carboxylic acids is 1. The first kappa shape index (κ1) is 18.1. The van der Waals surface area contributed by atoms with Crippen LogP contribution in [0.2, 0.25) is 0 Å². The van der Waals surface area contributed by atoms with Gasteiger partial charge in [-0.1, -0.05) is 17.7 Å². The third kappa shape index (κ3) is 2.66. The molecular weight excluding hydrogens is 358 g/mol. The average molecular weight is 377 g/mol.